The molecular weight excluding hydrogens is 350 g/mol. The van der Waals surface area contributed by atoms with Crippen molar-refractivity contribution in [3.05, 3.63) is 65.2 Å². The molecule has 2 aromatic rings. The molecule has 0 fully saturated rings. The molecule has 140 valence electrons. The van der Waals surface area contributed by atoms with Gasteiger partial charge in [0.05, 0.1) is 4.90 Å². The summed E-state index contributed by atoms with van der Waals surface area (Å²) in [5, 5.41) is 2.83. The molecule has 0 radical (unpaired) electrons. The molecule has 26 heavy (non-hydrogen) atoms. The minimum Gasteiger partial charge on any atom is -0.348 e. The smallest absolute Gasteiger partial charge is 0.251 e. The fraction of sp³-hybridized carbons (Fsp3) is 0.316. The molecule has 0 atom stereocenters. The van der Waals surface area contributed by atoms with E-state index in [1.807, 2.05) is 50.2 Å². The second-order valence-electron chi connectivity index (χ2n) is 6.39. The Bertz CT molecular complexity index is 829. The van der Waals surface area contributed by atoms with Crippen LogP contribution in [0.15, 0.2) is 53.4 Å². The maximum atomic E-state index is 12.2. The molecule has 0 aliphatic rings. The zero-order chi connectivity index (χ0) is 19.2. The second kappa shape index (κ2) is 8.93. The van der Waals surface area contributed by atoms with Crippen molar-refractivity contribution in [2.75, 3.05) is 27.2 Å². The maximum absolute atomic E-state index is 12.2. The molecule has 0 heterocycles. The molecule has 7 heteroatoms. The van der Waals surface area contributed by atoms with Gasteiger partial charge in [0.25, 0.3) is 5.91 Å². The number of sulfonamides is 1. The number of likely N-dealkylation sites (N-methyl/N-ethyl adjacent to an activating group) is 1. The van der Waals surface area contributed by atoms with Crippen LogP contribution in [0, 0.1) is 6.92 Å². The minimum absolute atomic E-state index is 0.145. The quantitative estimate of drug-likeness (QED) is 0.737. The minimum atomic E-state index is -3.57. The zero-order valence-corrected chi connectivity index (χ0v) is 16.1. The third-order valence-electron chi connectivity index (χ3n) is 3.85. The lowest BCUT2D eigenvalue weighted by Gasteiger charge is -2.11. The molecule has 1 amide bonds. The van der Waals surface area contributed by atoms with Gasteiger partial charge in [0, 0.05) is 25.2 Å². The van der Waals surface area contributed by atoms with Gasteiger partial charge in [0.15, 0.2) is 0 Å². The summed E-state index contributed by atoms with van der Waals surface area (Å²) >= 11 is 0. The fourth-order valence-electron chi connectivity index (χ4n) is 2.26. The van der Waals surface area contributed by atoms with Crippen LogP contribution in [0.4, 0.5) is 0 Å². The molecule has 0 aliphatic carbocycles. The van der Waals surface area contributed by atoms with Crippen LogP contribution >= 0.6 is 0 Å². The first kappa shape index (κ1) is 20.1. The molecule has 0 aromatic heterocycles. The predicted octanol–water partition coefficient (Wildman–Crippen LogP) is 1.76. The summed E-state index contributed by atoms with van der Waals surface area (Å²) in [6.45, 7) is 3.37. The Labute approximate surface area is 155 Å². The molecule has 0 bridgehead atoms. The van der Waals surface area contributed by atoms with Crippen molar-refractivity contribution in [3.8, 4) is 0 Å². The van der Waals surface area contributed by atoms with E-state index in [2.05, 4.69) is 10.0 Å². The molecule has 0 spiro atoms. The van der Waals surface area contributed by atoms with E-state index in [0.717, 1.165) is 11.1 Å². The average Bonchev–Trinajstić information content (AvgIpc) is 2.60. The second-order valence-corrected chi connectivity index (χ2v) is 8.16. The highest BCUT2D eigenvalue weighted by atomic mass is 32.2. The van der Waals surface area contributed by atoms with Crippen molar-refractivity contribution in [3.63, 3.8) is 0 Å². The zero-order valence-electron chi connectivity index (χ0n) is 15.3. The summed E-state index contributed by atoms with van der Waals surface area (Å²) in [5.41, 5.74) is 2.59. The van der Waals surface area contributed by atoms with Gasteiger partial charge in [0.1, 0.15) is 0 Å². The Morgan fingerprint density at radius 2 is 1.62 bits per heavy atom. The van der Waals surface area contributed by atoms with Crippen molar-refractivity contribution in [1.29, 1.82) is 0 Å². The Kier molecular flexibility index (Phi) is 6.90. The van der Waals surface area contributed by atoms with Gasteiger partial charge in [-0.25, -0.2) is 13.1 Å². The summed E-state index contributed by atoms with van der Waals surface area (Å²) in [4.78, 5) is 14.2. The number of nitrogens with one attached hydrogen (secondary N) is 2. The van der Waals surface area contributed by atoms with E-state index in [9.17, 15) is 13.2 Å². The number of hydrogen-bond donors (Lipinski definition) is 2. The van der Waals surface area contributed by atoms with E-state index >= 15 is 0 Å². The Balaban J connectivity index is 1.95. The molecule has 0 saturated heterocycles. The first-order valence-corrected chi connectivity index (χ1v) is 9.84. The molecule has 2 N–H and O–H groups in total. The van der Waals surface area contributed by atoms with E-state index in [1.54, 1.807) is 0 Å². The van der Waals surface area contributed by atoms with Gasteiger partial charge in [-0.05, 0) is 50.8 Å². The lowest BCUT2D eigenvalue weighted by molar-refractivity contribution is 0.0951. The highest BCUT2D eigenvalue weighted by Crippen LogP contribution is 2.11. The molecular formula is C19H25N3O3S. The van der Waals surface area contributed by atoms with Crippen LogP contribution in [0.2, 0.25) is 0 Å². The number of carbonyl (C=O) groups is 1. The van der Waals surface area contributed by atoms with Crippen LogP contribution in [0.5, 0.6) is 0 Å². The van der Waals surface area contributed by atoms with Gasteiger partial charge in [-0.2, -0.15) is 0 Å². The van der Waals surface area contributed by atoms with Crippen molar-refractivity contribution < 1.29 is 13.2 Å². The van der Waals surface area contributed by atoms with Crippen molar-refractivity contribution in [1.82, 2.24) is 14.9 Å². The number of rotatable bonds is 8. The van der Waals surface area contributed by atoms with Gasteiger partial charge in [0.2, 0.25) is 10.0 Å². The number of carbonyl (C=O) groups excluding carboxylic acids is 1. The molecule has 6 nitrogen and oxygen atoms in total. The van der Waals surface area contributed by atoms with Crippen molar-refractivity contribution >= 4 is 15.9 Å². The van der Waals surface area contributed by atoms with Crippen LogP contribution in [0.25, 0.3) is 0 Å². The van der Waals surface area contributed by atoms with Gasteiger partial charge in [-0.15, -0.1) is 0 Å². The number of amides is 1. The van der Waals surface area contributed by atoms with Gasteiger partial charge in [-0.3, -0.25) is 4.79 Å². The van der Waals surface area contributed by atoms with Crippen LogP contribution in [0.1, 0.15) is 21.5 Å². The van der Waals surface area contributed by atoms with E-state index in [-0.39, 0.29) is 10.8 Å². The van der Waals surface area contributed by atoms with Gasteiger partial charge in [-0.1, -0.05) is 29.8 Å². The summed E-state index contributed by atoms with van der Waals surface area (Å²) in [5.74, 6) is -0.241. The van der Waals surface area contributed by atoms with E-state index in [1.165, 1.54) is 24.3 Å². The van der Waals surface area contributed by atoms with Gasteiger partial charge < -0.3 is 10.2 Å². The van der Waals surface area contributed by atoms with Crippen LogP contribution in [0.3, 0.4) is 0 Å². The monoisotopic (exact) mass is 375 g/mol. The Hall–Kier alpha value is -2.22. The summed E-state index contributed by atoms with van der Waals surface area (Å²) in [6, 6.07) is 13.8. The Morgan fingerprint density at radius 3 is 2.19 bits per heavy atom. The van der Waals surface area contributed by atoms with Crippen LogP contribution < -0.4 is 10.0 Å². The normalized spacial score (nSPS) is 11.5. The van der Waals surface area contributed by atoms with Crippen molar-refractivity contribution in [2.24, 2.45) is 0 Å². The lowest BCUT2D eigenvalue weighted by atomic mass is 10.1. The Morgan fingerprint density at radius 1 is 1.00 bits per heavy atom. The molecule has 0 saturated carbocycles. The van der Waals surface area contributed by atoms with E-state index in [4.69, 9.17) is 0 Å². The van der Waals surface area contributed by atoms with Gasteiger partial charge >= 0.3 is 0 Å². The van der Waals surface area contributed by atoms with Crippen LogP contribution in [-0.2, 0) is 16.6 Å². The SMILES string of the molecule is Cc1ccc(CNC(=O)c2ccc(S(=O)(=O)NCCN(C)C)cc2)cc1. The number of aryl methyl sites for hydroxylation is 1. The third-order valence-corrected chi connectivity index (χ3v) is 5.33. The summed E-state index contributed by atoms with van der Waals surface area (Å²) < 4.78 is 26.9. The number of nitrogens with zero attached hydrogens (tertiary/aromatic N) is 1. The highest BCUT2D eigenvalue weighted by Gasteiger charge is 2.14. The third kappa shape index (κ3) is 5.94. The molecule has 2 aromatic carbocycles. The predicted molar refractivity (Wildman–Crippen MR) is 103 cm³/mol. The highest BCUT2D eigenvalue weighted by molar-refractivity contribution is 7.89. The summed E-state index contributed by atoms with van der Waals surface area (Å²) in [6.07, 6.45) is 0. The maximum Gasteiger partial charge on any atom is 0.251 e. The summed E-state index contributed by atoms with van der Waals surface area (Å²) in [7, 11) is 0.181. The molecule has 0 unspecified atom stereocenters. The number of hydrogen-bond acceptors (Lipinski definition) is 4. The van der Waals surface area contributed by atoms with E-state index in [0.29, 0.717) is 25.2 Å². The van der Waals surface area contributed by atoms with E-state index < -0.39 is 10.0 Å². The number of benzene rings is 2. The fourth-order valence-corrected chi connectivity index (χ4v) is 3.28. The van der Waals surface area contributed by atoms with Crippen LogP contribution in [-0.4, -0.2) is 46.4 Å². The average molecular weight is 375 g/mol. The van der Waals surface area contributed by atoms with Crippen molar-refractivity contribution in [2.45, 2.75) is 18.4 Å². The first-order valence-electron chi connectivity index (χ1n) is 8.36. The molecule has 0 aliphatic heterocycles. The standard InChI is InChI=1S/C19H25N3O3S/c1-15-4-6-16(7-5-15)14-20-19(23)17-8-10-18(11-9-17)26(24,25)21-12-13-22(2)3/h4-11,21H,12-14H2,1-3H3,(H,20,23). The molecule has 2 rings (SSSR count). The lowest BCUT2D eigenvalue weighted by Crippen LogP contribution is -2.31. The topological polar surface area (TPSA) is 78.5 Å². The largest absolute Gasteiger partial charge is 0.348 e. The first-order chi connectivity index (χ1) is 12.3.